The van der Waals surface area contributed by atoms with Crippen LogP contribution in [0.25, 0.3) is 11.3 Å². The van der Waals surface area contributed by atoms with Crippen molar-refractivity contribution < 1.29 is 36.2 Å². The van der Waals surface area contributed by atoms with E-state index in [-0.39, 0.29) is 23.6 Å². The first kappa shape index (κ1) is 28.2. The lowest BCUT2D eigenvalue weighted by atomic mass is 9.92. The molecule has 3 aromatic rings. The Morgan fingerprint density at radius 3 is 2.44 bits per heavy atom. The number of hydrogen-bond acceptors (Lipinski definition) is 8. The van der Waals surface area contributed by atoms with Crippen molar-refractivity contribution in [1.29, 1.82) is 0 Å². The van der Waals surface area contributed by atoms with Crippen molar-refractivity contribution in [2.24, 2.45) is 0 Å². The Morgan fingerprint density at radius 2 is 1.82 bits per heavy atom. The van der Waals surface area contributed by atoms with Crippen molar-refractivity contribution in [3.8, 4) is 17.1 Å². The molecule has 2 heterocycles. The first-order chi connectivity index (χ1) is 18.4. The molecule has 1 aromatic carbocycles. The summed E-state index contributed by atoms with van der Waals surface area (Å²) >= 11 is 0. The van der Waals surface area contributed by atoms with Crippen LogP contribution >= 0.6 is 0 Å². The SMILES string of the molecule is CS(=O)(=O)Nc1ccc(-c2nc(C(=O)N[C@@H]3CCCC[C@H]3O)c(C(F)(F)F)nc2OCc2ccccn2)cc1. The van der Waals surface area contributed by atoms with E-state index in [2.05, 4.69) is 25.0 Å². The number of carbonyl (C=O) groups is 1. The highest BCUT2D eigenvalue weighted by atomic mass is 32.2. The Morgan fingerprint density at radius 1 is 1.10 bits per heavy atom. The number of anilines is 1. The van der Waals surface area contributed by atoms with Gasteiger partial charge in [0.15, 0.2) is 11.4 Å². The lowest BCUT2D eigenvalue weighted by Gasteiger charge is -2.28. The minimum atomic E-state index is -5.05. The fourth-order valence-electron chi connectivity index (χ4n) is 4.12. The molecule has 0 bridgehead atoms. The summed E-state index contributed by atoms with van der Waals surface area (Å²) in [5.74, 6) is -1.63. The molecule has 3 N–H and O–H groups in total. The van der Waals surface area contributed by atoms with E-state index < -0.39 is 51.5 Å². The van der Waals surface area contributed by atoms with E-state index in [1.54, 1.807) is 18.2 Å². The summed E-state index contributed by atoms with van der Waals surface area (Å²) in [6.45, 7) is -0.229. The summed E-state index contributed by atoms with van der Waals surface area (Å²) < 4.78 is 73.2. The number of hydrogen-bond donors (Lipinski definition) is 3. The van der Waals surface area contributed by atoms with Gasteiger partial charge in [0, 0.05) is 17.4 Å². The lowest BCUT2D eigenvalue weighted by molar-refractivity contribution is -0.142. The Bertz CT molecular complexity index is 1420. The van der Waals surface area contributed by atoms with Gasteiger partial charge in [-0.2, -0.15) is 13.2 Å². The Balaban J connectivity index is 1.77. The average Bonchev–Trinajstić information content (AvgIpc) is 2.88. The molecular formula is C25H26F3N5O5S. The van der Waals surface area contributed by atoms with Gasteiger partial charge in [0.1, 0.15) is 12.3 Å². The monoisotopic (exact) mass is 565 g/mol. The number of nitrogens with zero attached hydrogens (tertiary/aromatic N) is 3. The molecule has 1 saturated carbocycles. The van der Waals surface area contributed by atoms with E-state index >= 15 is 0 Å². The molecule has 0 aliphatic heterocycles. The Labute approximate surface area is 222 Å². The number of alkyl halides is 3. The number of ether oxygens (including phenoxy) is 1. The van der Waals surface area contributed by atoms with Crippen LogP contribution in [0.2, 0.25) is 0 Å². The van der Waals surface area contributed by atoms with Crippen molar-refractivity contribution in [2.45, 2.75) is 50.6 Å². The molecule has 1 aliphatic rings. The summed E-state index contributed by atoms with van der Waals surface area (Å²) in [5, 5.41) is 12.7. The van der Waals surface area contributed by atoms with Crippen molar-refractivity contribution in [3.05, 3.63) is 65.7 Å². The number of halogens is 3. The molecule has 4 rings (SSSR count). The minimum absolute atomic E-state index is 0.167. The second-order valence-electron chi connectivity index (χ2n) is 9.07. The molecular weight excluding hydrogens is 539 g/mol. The topological polar surface area (TPSA) is 143 Å². The summed E-state index contributed by atoms with van der Waals surface area (Å²) in [4.78, 5) is 24.9. The van der Waals surface area contributed by atoms with E-state index in [4.69, 9.17) is 4.74 Å². The van der Waals surface area contributed by atoms with Crippen molar-refractivity contribution in [2.75, 3.05) is 11.0 Å². The van der Waals surface area contributed by atoms with Gasteiger partial charge >= 0.3 is 6.18 Å². The van der Waals surface area contributed by atoms with Gasteiger partial charge in [0.25, 0.3) is 5.91 Å². The van der Waals surface area contributed by atoms with E-state index in [1.807, 2.05) is 0 Å². The normalized spacial score (nSPS) is 17.9. The second-order valence-corrected chi connectivity index (χ2v) is 10.8. The van der Waals surface area contributed by atoms with Gasteiger partial charge in [-0.1, -0.05) is 31.0 Å². The zero-order valence-corrected chi connectivity index (χ0v) is 21.6. The molecule has 1 fully saturated rings. The highest BCUT2D eigenvalue weighted by Crippen LogP contribution is 2.36. The maximum atomic E-state index is 14.1. The predicted octanol–water partition coefficient (Wildman–Crippen LogP) is 3.54. The van der Waals surface area contributed by atoms with Gasteiger partial charge in [-0.25, -0.2) is 18.4 Å². The largest absolute Gasteiger partial charge is 0.470 e. The van der Waals surface area contributed by atoms with Gasteiger partial charge in [-0.3, -0.25) is 14.5 Å². The number of aliphatic hydroxyl groups is 1. The molecule has 1 amide bonds. The summed E-state index contributed by atoms with van der Waals surface area (Å²) in [5.41, 5.74) is -1.84. The van der Waals surface area contributed by atoms with Gasteiger partial charge < -0.3 is 15.2 Å². The van der Waals surface area contributed by atoms with Crippen LogP contribution in [0.3, 0.4) is 0 Å². The molecule has 14 heteroatoms. The van der Waals surface area contributed by atoms with E-state index in [1.165, 1.54) is 30.5 Å². The number of benzene rings is 1. The van der Waals surface area contributed by atoms with Gasteiger partial charge in [-0.15, -0.1) is 0 Å². The quantitative estimate of drug-likeness (QED) is 0.376. The third-order valence-electron chi connectivity index (χ3n) is 5.94. The van der Waals surface area contributed by atoms with Crippen molar-refractivity contribution >= 4 is 21.6 Å². The maximum absolute atomic E-state index is 14.1. The zero-order valence-electron chi connectivity index (χ0n) is 20.8. The molecule has 1 aliphatic carbocycles. The van der Waals surface area contributed by atoms with Crippen LogP contribution in [-0.4, -0.2) is 52.8 Å². The van der Waals surface area contributed by atoms with Crippen molar-refractivity contribution in [3.63, 3.8) is 0 Å². The van der Waals surface area contributed by atoms with E-state index in [9.17, 15) is 31.5 Å². The second kappa shape index (κ2) is 11.5. The van der Waals surface area contributed by atoms with Gasteiger partial charge in [0.2, 0.25) is 15.9 Å². The number of nitrogens with one attached hydrogen (secondary N) is 2. The molecule has 2 aromatic heterocycles. The minimum Gasteiger partial charge on any atom is -0.470 e. The maximum Gasteiger partial charge on any atom is 0.435 e. The number of carbonyl (C=O) groups excluding carboxylic acids is 1. The van der Waals surface area contributed by atoms with E-state index in [0.717, 1.165) is 12.7 Å². The summed E-state index contributed by atoms with van der Waals surface area (Å²) in [6, 6.07) is 9.82. The third kappa shape index (κ3) is 7.41. The predicted molar refractivity (Wildman–Crippen MR) is 135 cm³/mol. The van der Waals surface area contributed by atoms with Crippen LogP contribution in [0.4, 0.5) is 18.9 Å². The standard InChI is InChI=1S/C25H26F3N5O5S/c1-39(36,37)33-16-11-9-15(10-12-16)20-24(38-14-17-6-4-5-13-29-17)32-22(25(26,27)28)21(31-20)23(35)30-18-7-2-3-8-19(18)34/h4-6,9-13,18-19,33-34H,2-3,7-8,14H2,1H3,(H,30,35)/t18-,19-/m1/s1. The zero-order chi connectivity index (χ0) is 28.2. The number of amides is 1. The highest BCUT2D eigenvalue weighted by Gasteiger charge is 2.41. The smallest absolute Gasteiger partial charge is 0.435 e. The van der Waals surface area contributed by atoms with Gasteiger partial charge in [-0.05, 0) is 37.1 Å². The summed E-state index contributed by atoms with van der Waals surface area (Å²) in [7, 11) is -3.57. The fourth-order valence-corrected chi connectivity index (χ4v) is 4.68. The van der Waals surface area contributed by atoms with Crippen molar-refractivity contribution in [1.82, 2.24) is 20.3 Å². The van der Waals surface area contributed by atoms with Gasteiger partial charge in [0.05, 0.1) is 24.1 Å². The first-order valence-electron chi connectivity index (χ1n) is 12.0. The van der Waals surface area contributed by atoms with Crippen LogP contribution in [0.1, 0.15) is 47.6 Å². The molecule has 0 radical (unpaired) electrons. The molecule has 10 nitrogen and oxygen atoms in total. The number of pyridine rings is 1. The van der Waals surface area contributed by atoms with E-state index in [0.29, 0.717) is 25.0 Å². The van der Waals surface area contributed by atoms with Crippen LogP contribution in [0.15, 0.2) is 48.7 Å². The fraction of sp³-hybridized carbons (Fsp3) is 0.360. The van der Waals surface area contributed by atoms with Crippen LogP contribution in [0.5, 0.6) is 5.88 Å². The Kier molecular flexibility index (Phi) is 8.35. The number of aliphatic hydroxyl groups excluding tert-OH is 1. The number of rotatable bonds is 8. The lowest BCUT2D eigenvalue weighted by Crippen LogP contribution is -2.45. The first-order valence-corrected chi connectivity index (χ1v) is 13.9. The molecule has 2 atom stereocenters. The Hall–Kier alpha value is -3.78. The van der Waals surface area contributed by atoms with Crippen LogP contribution < -0.4 is 14.8 Å². The molecule has 208 valence electrons. The number of aromatic nitrogens is 3. The third-order valence-corrected chi connectivity index (χ3v) is 6.54. The number of sulfonamides is 1. The molecule has 0 unspecified atom stereocenters. The molecule has 39 heavy (non-hydrogen) atoms. The average molecular weight is 566 g/mol. The van der Waals surface area contributed by atoms with Crippen LogP contribution in [-0.2, 0) is 22.8 Å². The molecule has 0 saturated heterocycles. The molecule has 0 spiro atoms. The highest BCUT2D eigenvalue weighted by molar-refractivity contribution is 7.92. The summed E-state index contributed by atoms with van der Waals surface area (Å²) in [6.07, 6.45) is -1.18. The van der Waals surface area contributed by atoms with Crippen LogP contribution in [0, 0.1) is 0 Å².